The summed E-state index contributed by atoms with van der Waals surface area (Å²) in [6.07, 6.45) is 2.92. The lowest BCUT2D eigenvalue weighted by Gasteiger charge is -2.35. The highest BCUT2D eigenvalue weighted by molar-refractivity contribution is 7.86. The average molecular weight is 193 g/mol. The van der Waals surface area contributed by atoms with Crippen molar-refractivity contribution in [2.45, 2.75) is 43.4 Å². The Hall–Kier alpha value is -0.130. The lowest BCUT2D eigenvalue weighted by molar-refractivity contribution is 0.307. The van der Waals surface area contributed by atoms with Crippen molar-refractivity contribution in [1.82, 2.24) is 0 Å². The largest absolute Gasteiger partial charge is 0.324 e. The van der Waals surface area contributed by atoms with E-state index in [0.29, 0.717) is 12.8 Å². The van der Waals surface area contributed by atoms with Crippen LogP contribution in [0.5, 0.6) is 0 Å². The zero-order valence-electron chi connectivity index (χ0n) is 7.16. The number of hydrogen-bond acceptors (Lipinski definition) is 3. The van der Waals surface area contributed by atoms with E-state index in [1.165, 1.54) is 0 Å². The molecule has 2 unspecified atom stereocenters. The van der Waals surface area contributed by atoms with Crippen LogP contribution in [0.3, 0.4) is 0 Å². The molecule has 1 aliphatic carbocycles. The molecule has 5 heteroatoms. The molecule has 12 heavy (non-hydrogen) atoms. The molecule has 0 aromatic carbocycles. The summed E-state index contributed by atoms with van der Waals surface area (Å²) in [5, 5.41) is -0.779. The molecule has 2 atom stereocenters. The topological polar surface area (TPSA) is 80.4 Å². The molecule has 72 valence electrons. The van der Waals surface area contributed by atoms with Crippen molar-refractivity contribution in [3.05, 3.63) is 0 Å². The first-order chi connectivity index (χ1) is 5.34. The molecule has 1 aliphatic rings. The van der Waals surface area contributed by atoms with E-state index in [2.05, 4.69) is 0 Å². The Morgan fingerprint density at radius 2 is 2.08 bits per heavy atom. The van der Waals surface area contributed by atoms with Crippen LogP contribution in [-0.4, -0.2) is 23.8 Å². The van der Waals surface area contributed by atoms with Gasteiger partial charge in [-0.2, -0.15) is 8.42 Å². The lowest BCUT2D eigenvalue weighted by atomic mass is 9.84. The minimum absolute atomic E-state index is 0.478. The maximum atomic E-state index is 10.9. The Labute approximate surface area is 72.9 Å². The fourth-order valence-electron chi connectivity index (χ4n) is 1.82. The van der Waals surface area contributed by atoms with Gasteiger partial charge in [0.15, 0.2) is 0 Å². The number of rotatable bonds is 1. The second-order valence-electron chi connectivity index (χ2n) is 3.76. The third-order valence-electron chi connectivity index (χ3n) is 2.53. The van der Waals surface area contributed by atoms with Gasteiger partial charge in [-0.15, -0.1) is 0 Å². The number of nitrogens with two attached hydrogens (primary N) is 1. The molecule has 0 amide bonds. The first-order valence-electron chi connectivity index (χ1n) is 4.09. The van der Waals surface area contributed by atoms with Crippen molar-refractivity contribution in [3.63, 3.8) is 0 Å². The van der Waals surface area contributed by atoms with Gasteiger partial charge in [-0.05, 0) is 19.8 Å². The van der Waals surface area contributed by atoms with Crippen LogP contribution in [0.2, 0.25) is 0 Å². The standard InChI is InChI=1S/C7H15NO3S/c1-7(8)5-3-2-4-6(7)12(9,10)11/h6H,2-5,8H2,1H3,(H,9,10,11). The van der Waals surface area contributed by atoms with Crippen LogP contribution >= 0.6 is 0 Å². The van der Waals surface area contributed by atoms with Gasteiger partial charge in [-0.25, -0.2) is 0 Å². The van der Waals surface area contributed by atoms with Gasteiger partial charge in [0, 0.05) is 5.54 Å². The van der Waals surface area contributed by atoms with Gasteiger partial charge >= 0.3 is 0 Å². The molecule has 0 aliphatic heterocycles. The molecule has 1 saturated carbocycles. The lowest BCUT2D eigenvalue weighted by Crippen LogP contribution is -2.53. The number of hydrogen-bond donors (Lipinski definition) is 2. The van der Waals surface area contributed by atoms with E-state index in [-0.39, 0.29) is 0 Å². The molecular formula is C7H15NO3S. The van der Waals surface area contributed by atoms with Crippen molar-refractivity contribution in [2.75, 3.05) is 0 Å². The predicted octanol–water partition coefficient (Wildman–Crippen LogP) is 0.534. The Morgan fingerprint density at radius 3 is 2.42 bits per heavy atom. The maximum Gasteiger partial charge on any atom is 0.269 e. The van der Waals surface area contributed by atoms with Crippen LogP contribution in [0.25, 0.3) is 0 Å². The molecule has 0 aromatic rings. The van der Waals surface area contributed by atoms with Crippen LogP contribution in [0.1, 0.15) is 32.6 Å². The first-order valence-corrected chi connectivity index (χ1v) is 5.59. The van der Waals surface area contributed by atoms with Gasteiger partial charge in [0.25, 0.3) is 10.1 Å². The molecule has 0 heterocycles. The minimum atomic E-state index is -3.96. The molecule has 1 fully saturated rings. The van der Waals surface area contributed by atoms with Gasteiger partial charge in [0.1, 0.15) is 5.25 Å². The maximum absolute atomic E-state index is 10.9. The van der Waals surface area contributed by atoms with E-state index in [9.17, 15) is 8.42 Å². The SMILES string of the molecule is CC1(N)CCCCC1S(=O)(=O)O. The van der Waals surface area contributed by atoms with E-state index in [4.69, 9.17) is 10.3 Å². The average Bonchev–Trinajstić information content (AvgIpc) is 1.83. The molecule has 1 rings (SSSR count). The molecule has 0 spiro atoms. The van der Waals surface area contributed by atoms with Crippen LogP contribution in [0.15, 0.2) is 0 Å². The Bertz CT molecular complexity index is 258. The summed E-state index contributed by atoms with van der Waals surface area (Å²) >= 11 is 0. The van der Waals surface area contributed by atoms with E-state index in [1.54, 1.807) is 6.92 Å². The van der Waals surface area contributed by atoms with Crippen molar-refractivity contribution in [2.24, 2.45) is 5.73 Å². The highest BCUT2D eigenvalue weighted by Gasteiger charge is 2.40. The Kier molecular flexibility index (Phi) is 2.47. The van der Waals surface area contributed by atoms with Crippen molar-refractivity contribution >= 4 is 10.1 Å². The van der Waals surface area contributed by atoms with Gasteiger partial charge in [0.2, 0.25) is 0 Å². The van der Waals surface area contributed by atoms with Crippen LogP contribution in [0.4, 0.5) is 0 Å². The monoisotopic (exact) mass is 193 g/mol. The molecule has 4 nitrogen and oxygen atoms in total. The summed E-state index contributed by atoms with van der Waals surface area (Å²) in [4.78, 5) is 0. The van der Waals surface area contributed by atoms with E-state index in [1.807, 2.05) is 0 Å². The first kappa shape index (κ1) is 9.95. The fourth-order valence-corrected chi connectivity index (χ4v) is 3.08. The van der Waals surface area contributed by atoms with E-state index >= 15 is 0 Å². The summed E-state index contributed by atoms with van der Waals surface area (Å²) in [6, 6.07) is 0. The highest BCUT2D eigenvalue weighted by Crippen LogP contribution is 2.30. The van der Waals surface area contributed by atoms with Gasteiger partial charge in [0.05, 0.1) is 0 Å². The van der Waals surface area contributed by atoms with Gasteiger partial charge in [-0.3, -0.25) is 4.55 Å². The van der Waals surface area contributed by atoms with Crippen molar-refractivity contribution in [1.29, 1.82) is 0 Å². The Balaban J connectivity index is 2.88. The quantitative estimate of drug-likeness (QED) is 0.595. The highest BCUT2D eigenvalue weighted by atomic mass is 32.2. The summed E-state index contributed by atoms with van der Waals surface area (Å²) in [7, 11) is -3.96. The molecular weight excluding hydrogens is 178 g/mol. The van der Waals surface area contributed by atoms with Gasteiger partial charge < -0.3 is 5.73 Å². The zero-order chi connectivity index (χ0) is 9.41. The van der Waals surface area contributed by atoms with Crippen molar-refractivity contribution < 1.29 is 13.0 Å². The smallest absolute Gasteiger partial charge is 0.269 e. The molecule has 0 bridgehead atoms. The molecule has 0 aromatic heterocycles. The summed E-state index contributed by atoms with van der Waals surface area (Å²) in [6.45, 7) is 1.69. The normalized spacial score (nSPS) is 38.1. The molecule has 3 N–H and O–H groups in total. The molecule has 0 saturated heterocycles. The third-order valence-corrected chi connectivity index (χ3v) is 4.02. The zero-order valence-corrected chi connectivity index (χ0v) is 7.97. The molecule has 0 radical (unpaired) electrons. The minimum Gasteiger partial charge on any atom is -0.324 e. The fraction of sp³-hybridized carbons (Fsp3) is 1.00. The van der Waals surface area contributed by atoms with Gasteiger partial charge in [-0.1, -0.05) is 12.8 Å². The van der Waals surface area contributed by atoms with Crippen molar-refractivity contribution in [3.8, 4) is 0 Å². The van der Waals surface area contributed by atoms with Crippen LogP contribution < -0.4 is 5.73 Å². The third kappa shape index (κ3) is 1.97. The second-order valence-corrected chi connectivity index (χ2v) is 5.35. The summed E-state index contributed by atoms with van der Waals surface area (Å²) < 4.78 is 30.6. The Morgan fingerprint density at radius 1 is 1.50 bits per heavy atom. The summed E-state index contributed by atoms with van der Waals surface area (Å²) in [5.74, 6) is 0. The van der Waals surface area contributed by atoms with Crippen LogP contribution in [-0.2, 0) is 10.1 Å². The summed E-state index contributed by atoms with van der Waals surface area (Å²) in [5.41, 5.74) is 5.01. The predicted molar refractivity (Wildman–Crippen MR) is 46.4 cm³/mol. The van der Waals surface area contributed by atoms with E-state index < -0.39 is 20.9 Å². The van der Waals surface area contributed by atoms with Crippen LogP contribution in [0, 0.1) is 0 Å². The van der Waals surface area contributed by atoms with E-state index in [0.717, 1.165) is 12.8 Å². The second kappa shape index (κ2) is 2.97.